The minimum absolute atomic E-state index is 0.170. The molecule has 0 atom stereocenters. The van der Waals surface area contributed by atoms with Crippen LogP contribution >= 0.6 is 0 Å². The molecule has 2 amide bonds. The molecule has 6 nitrogen and oxygen atoms in total. The van der Waals surface area contributed by atoms with Crippen molar-refractivity contribution in [2.75, 3.05) is 26.3 Å². The van der Waals surface area contributed by atoms with Crippen LogP contribution in [0, 0.1) is 0 Å². The maximum Gasteiger partial charge on any atom is 0.498 e. The Hall–Kier alpha value is -1.95. The molecule has 1 aromatic rings. The Morgan fingerprint density at radius 1 is 1.35 bits per heavy atom. The molecule has 0 saturated carbocycles. The van der Waals surface area contributed by atoms with Crippen LogP contribution in [0.25, 0.3) is 0 Å². The highest BCUT2D eigenvalue weighted by atomic mass is 16.5. The highest BCUT2D eigenvalue weighted by Crippen LogP contribution is 1.98. The Labute approximate surface area is 98.6 Å². The van der Waals surface area contributed by atoms with E-state index in [1.807, 2.05) is 0 Å². The van der Waals surface area contributed by atoms with Crippen LogP contribution in [0.5, 0.6) is 0 Å². The molecule has 1 aliphatic rings. The molecule has 0 radical (unpaired) electrons. The van der Waals surface area contributed by atoms with Gasteiger partial charge in [-0.15, -0.1) is 0 Å². The molecule has 0 aliphatic carbocycles. The summed E-state index contributed by atoms with van der Waals surface area (Å²) in [6, 6.07) is 3.03. The van der Waals surface area contributed by atoms with Crippen LogP contribution in [0.4, 0.5) is 4.79 Å². The molecule has 2 heterocycles. The number of carbonyl (C=O) groups is 2. The maximum atomic E-state index is 12.1. The molecule has 1 aliphatic heterocycles. The highest BCUT2D eigenvalue weighted by Gasteiger charge is 2.26. The van der Waals surface area contributed by atoms with Crippen molar-refractivity contribution >= 4 is 11.9 Å². The van der Waals surface area contributed by atoms with Crippen LogP contribution in [-0.2, 0) is 4.74 Å². The van der Waals surface area contributed by atoms with E-state index in [-0.39, 0.29) is 6.03 Å². The standard InChI is InChI=1S/C11H13N3O3/c12-10(15)9-2-1-3-14(8-9)11(16)13-4-6-17-7-5-13/h1-3,8H,4-7H2,(H-,12,15)/p+1. The van der Waals surface area contributed by atoms with Gasteiger partial charge in [-0.3, -0.25) is 4.79 Å². The molecule has 0 spiro atoms. The van der Waals surface area contributed by atoms with Gasteiger partial charge < -0.3 is 10.5 Å². The van der Waals surface area contributed by atoms with E-state index in [0.717, 1.165) is 0 Å². The van der Waals surface area contributed by atoms with E-state index in [2.05, 4.69) is 0 Å². The van der Waals surface area contributed by atoms with Gasteiger partial charge in [-0.05, 0) is 12.1 Å². The number of carbonyl (C=O) groups excluding carboxylic acids is 2. The van der Waals surface area contributed by atoms with Gasteiger partial charge in [-0.1, -0.05) is 0 Å². The molecule has 1 saturated heterocycles. The topological polar surface area (TPSA) is 76.5 Å². The third-order valence-corrected chi connectivity index (χ3v) is 2.59. The van der Waals surface area contributed by atoms with Crippen LogP contribution in [-0.4, -0.2) is 43.1 Å². The van der Waals surface area contributed by atoms with Crippen molar-refractivity contribution in [2.45, 2.75) is 0 Å². The molecular formula is C11H14N3O3+. The summed E-state index contributed by atoms with van der Waals surface area (Å²) in [6.07, 6.45) is 3.05. The van der Waals surface area contributed by atoms with Gasteiger partial charge in [-0.2, -0.15) is 9.36 Å². The van der Waals surface area contributed by atoms with E-state index in [1.165, 1.54) is 10.8 Å². The molecule has 2 N–H and O–H groups in total. The lowest BCUT2D eigenvalue weighted by Crippen LogP contribution is -2.55. The number of hydrogen-bond acceptors (Lipinski definition) is 3. The fourth-order valence-electron chi connectivity index (χ4n) is 1.66. The zero-order valence-electron chi connectivity index (χ0n) is 9.33. The molecule has 6 heteroatoms. The normalized spacial score (nSPS) is 15.6. The van der Waals surface area contributed by atoms with E-state index in [0.29, 0.717) is 31.9 Å². The maximum absolute atomic E-state index is 12.1. The minimum atomic E-state index is -0.547. The summed E-state index contributed by atoms with van der Waals surface area (Å²) in [6.45, 7) is 2.21. The van der Waals surface area contributed by atoms with Gasteiger partial charge in [0.25, 0.3) is 5.91 Å². The molecule has 0 aromatic carbocycles. The zero-order valence-corrected chi connectivity index (χ0v) is 9.33. The molecule has 1 fully saturated rings. The first-order valence-corrected chi connectivity index (χ1v) is 5.36. The van der Waals surface area contributed by atoms with E-state index >= 15 is 0 Å². The lowest BCUT2D eigenvalue weighted by atomic mass is 10.3. The molecule has 1 aromatic heterocycles. The molecule has 2 rings (SSSR count). The number of rotatable bonds is 1. The van der Waals surface area contributed by atoms with Crippen molar-refractivity contribution in [2.24, 2.45) is 5.73 Å². The van der Waals surface area contributed by atoms with Crippen molar-refractivity contribution in [3.05, 3.63) is 30.1 Å². The van der Waals surface area contributed by atoms with Crippen molar-refractivity contribution in [3.8, 4) is 0 Å². The lowest BCUT2D eigenvalue weighted by molar-refractivity contribution is -0.579. The van der Waals surface area contributed by atoms with Crippen molar-refractivity contribution in [1.29, 1.82) is 0 Å². The molecule has 0 bridgehead atoms. The Bertz CT molecular complexity index is 441. The summed E-state index contributed by atoms with van der Waals surface area (Å²) < 4.78 is 6.54. The van der Waals surface area contributed by atoms with Gasteiger partial charge in [-0.25, -0.2) is 4.90 Å². The Kier molecular flexibility index (Phi) is 3.34. The van der Waals surface area contributed by atoms with Crippen molar-refractivity contribution in [3.63, 3.8) is 0 Å². The van der Waals surface area contributed by atoms with Gasteiger partial charge >= 0.3 is 6.03 Å². The third-order valence-electron chi connectivity index (χ3n) is 2.59. The van der Waals surface area contributed by atoms with Gasteiger partial charge in [0, 0.05) is 0 Å². The first kappa shape index (κ1) is 11.5. The van der Waals surface area contributed by atoms with Crippen molar-refractivity contribution in [1.82, 2.24) is 4.90 Å². The van der Waals surface area contributed by atoms with E-state index in [4.69, 9.17) is 10.5 Å². The Morgan fingerprint density at radius 3 is 2.71 bits per heavy atom. The first-order valence-electron chi connectivity index (χ1n) is 5.36. The van der Waals surface area contributed by atoms with E-state index < -0.39 is 5.91 Å². The second-order valence-corrected chi connectivity index (χ2v) is 3.75. The summed E-state index contributed by atoms with van der Waals surface area (Å²) >= 11 is 0. The van der Waals surface area contributed by atoms with E-state index in [1.54, 1.807) is 23.2 Å². The number of nitrogens with zero attached hydrogens (tertiary/aromatic N) is 2. The molecule has 90 valence electrons. The predicted molar refractivity (Wildman–Crippen MR) is 58.3 cm³/mol. The lowest BCUT2D eigenvalue weighted by Gasteiger charge is -2.19. The predicted octanol–water partition coefficient (Wildman–Crippen LogP) is -0.627. The number of primary amides is 1. The average molecular weight is 236 g/mol. The van der Waals surface area contributed by atoms with Gasteiger partial charge in [0.1, 0.15) is 19.3 Å². The second-order valence-electron chi connectivity index (χ2n) is 3.75. The number of ether oxygens (including phenoxy) is 1. The zero-order chi connectivity index (χ0) is 12.3. The summed E-state index contributed by atoms with van der Waals surface area (Å²) in [5.41, 5.74) is 5.48. The molecule has 0 unspecified atom stereocenters. The summed E-state index contributed by atoms with van der Waals surface area (Å²) in [5, 5.41) is 0. The second kappa shape index (κ2) is 4.92. The summed E-state index contributed by atoms with van der Waals surface area (Å²) in [5.74, 6) is -0.547. The number of amides is 2. The SMILES string of the molecule is NC(=O)c1ccc[n+](C(=O)N2CCOCC2)c1. The smallest absolute Gasteiger partial charge is 0.373 e. The fraction of sp³-hybridized carbons (Fsp3) is 0.364. The average Bonchev–Trinajstić information content (AvgIpc) is 2.39. The highest BCUT2D eigenvalue weighted by molar-refractivity contribution is 5.92. The Balaban J connectivity index is 2.18. The van der Waals surface area contributed by atoms with Crippen molar-refractivity contribution < 1.29 is 18.9 Å². The third kappa shape index (κ3) is 2.59. The van der Waals surface area contributed by atoms with Crippen LogP contribution < -0.4 is 10.3 Å². The van der Waals surface area contributed by atoms with Crippen LogP contribution in [0.15, 0.2) is 24.5 Å². The quantitative estimate of drug-likeness (QED) is 0.660. The van der Waals surface area contributed by atoms with E-state index in [9.17, 15) is 9.59 Å². The number of pyridine rings is 1. The number of morpholine rings is 1. The van der Waals surface area contributed by atoms with Crippen LogP contribution in [0.1, 0.15) is 10.4 Å². The monoisotopic (exact) mass is 236 g/mol. The number of hydrogen-bond donors (Lipinski definition) is 1. The minimum Gasteiger partial charge on any atom is -0.373 e. The molecular weight excluding hydrogens is 222 g/mol. The Morgan fingerprint density at radius 2 is 2.06 bits per heavy atom. The van der Waals surface area contributed by atoms with Gasteiger partial charge in [0.15, 0.2) is 0 Å². The van der Waals surface area contributed by atoms with Gasteiger partial charge in [0.05, 0.1) is 25.0 Å². The summed E-state index contributed by atoms with van der Waals surface area (Å²) in [7, 11) is 0. The largest absolute Gasteiger partial charge is 0.498 e. The number of nitrogens with two attached hydrogens (primary N) is 1. The summed E-state index contributed by atoms with van der Waals surface area (Å²) in [4.78, 5) is 24.7. The van der Waals surface area contributed by atoms with Crippen LogP contribution in [0.3, 0.4) is 0 Å². The first-order chi connectivity index (χ1) is 8.18. The molecule has 17 heavy (non-hydrogen) atoms. The number of aromatic nitrogens is 1. The van der Waals surface area contributed by atoms with Gasteiger partial charge in [0.2, 0.25) is 0 Å². The fourth-order valence-corrected chi connectivity index (χ4v) is 1.66. The van der Waals surface area contributed by atoms with Crippen LogP contribution in [0.2, 0.25) is 0 Å².